The molecule has 0 aromatic rings. The van der Waals surface area contributed by atoms with Crippen molar-refractivity contribution in [2.75, 3.05) is 13.6 Å². The van der Waals surface area contributed by atoms with Crippen LogP contribution in [0, 0.1) is 0 Å². The SMILES string of the molecule is CCCC(NC)C(CC)N1CCCC1(C)C. The molecule has 2 heteroatoms. The molecule has 2 unspecified atom stereocenters. The van der Waals surface area contributed by atoms with Crippen molar-refractivity contribution in [1.29, 1.82) is 0 Å². The predicted octanol–water partition coefficient (Wildman–Crippen LogP) is 3.03. The maximum atomic E-state index is 3.53. The maximum absolute atomic E-state index is 3.53. The molecule has 1 aliphatic heterocycles. The average Bonchev–Trinajstić information content (AvgIpc) is 2.58. The second kappa shape index (κ2) is 6.02. The van der Waals surface area contributed by atoms with Crippen LogP contribution in [0.5, 0.6) is 0 Å². The number of likely N-dealkylation sites (N-methyl/N-ethyl adjacent to an activating group) is 1. The number of rotatable bonds is 6. The zero-order valence-electron chi connectivity index (χ0n) is 11.8. The van der Waals surface area contributed by atoms with Crippen LogP contribution in [0.15, 0.2) is 0 Å². The van der Waals surface area contributed by atoms with Crippen LogP contribution >= 0.6 is 0 Å². The van der Waals surface area contributed by atoms with E-state index in [0.717, 1.165) is 0 Å². The van der Waals surface area contributed by atoms with E-state index in [1.54, 1.807) is 0 Å². The summed E-state index contributed by atoms with van der Waals surface area (Å²) in [5.41, 5.74) is 0.406. The molecule has 0 radical (unpaired) electrons. The van der Waals surface area contributed by atoms with Gasteiger partial charge in [0.2, 0.25) is 0 Å². The first-order valence-electron chi connectivity index (χ1n) is 7.00. The lowest BCUT2D eigenvalue weighted by Crippen LogP contribution is -2.54. The second-order valence-electron chi connectivity index (χ2n) is 5.77. The molecule has 0 amide bonds. The van der Waals surface area contributed by atoms with Gasteiger partial charge in [-0.05, 0) is 53.1 Å². The van der Waals surface area contributed by atoms with Crippen LogP contribution in [-0.4, -0.2) is 36.1 Å². The fourth-order valence-electron chi connectivity index (χ4n) is 3.31. The molecule has 1 heterocycles. The zero-order chi connectivity index (χ0) is 12.2. The molecule has 1 saturated heterocycles. The van der Waals surface area contributed by atoms with Crippen LogP contribution in [-0.2, 0) is 0 Å². The highest BCUT2D eigenvalue weighted by molar-refractivity contribution is 4.95. The number of hydrogen-bond donors (Lipinski definition) is 1. The highest BCUT2D eigenvalue weighted by Gasteiger charge is 2.38. The minimum atomic E-state index is 0.406. The molecule has 0 saturated carbocycles. The van der Waals surface area contributed by atoms with Gasteiger partial charge in [-0.2, -0.15) is 0 Å². The largest absolute Gasteiger partial charge is 0.315 e. The van der Waals surface area contributed by atoms with Crippen molar-refractivity contribution in [2.24, 2.45) is 0 Å². The lowest BCUT2D eigenvalue weighted by Gasteiger charge is -2.42. The van der Waals surface area contributed by atoms with Crippen molar-refractivity contribution in [1.82, 2.24) is 10.2 Å². The van der Waals surface area contributed by atoms with Gasteiger partial charge in [-0.1, -0.05) is 20.3 Å². The predicted molar refractivity (Wildman–Crippen MR) is 71.9 cm³/mol. The Hall–Kier alpha value is -0.0800. The molecule has 1 fully saturated rings. The topological polar surface area (TPSA) is 15.3 Å². The van der Waals surface area contributed by atoms with E-state index in [1.165, 1.54) is 38.6 Å². The molecule has 2 nitrogen and oxygen atoms in total. The molecule has 1 N–H and O–H groups in total. The first-order chi connectivity index (χ1) is 7.56. The van der Waals surface area contributed by atoms with Crippen molar-refractivity contribution >= 4 is 0 Å². The normalized spacial score (nSPS) is 24.6. The summed E-state index contributed by atoms with van der Waals surface area (Å²) in [5.74, 6) is 0. The molecule has 0 bridgehead atoms. The fourth-order valence-corrected chi connectivity index (χ4v) is 3.31. The minimum Gasteiger partial charge on any atom is -0.315 e. The van der Waals surface area contributed by atoms with Gasteiger partial charge in [0.1, 0.15) is 0 Å². The Labute approximate surface area is 102 Å². The maximum Gasteiger partial charge on any atom is 0.0251 e. The molecular formula is C14H30N2. The van der Waals surface area contributed by atoms with E-state index in [4.69, 9.17) is 0 Å². The molecule has 0 aromatic heterocycles. The average molecular weight is 226 g/mol. The van der Waals surface area contributed by atoms with E-state index in [9.17, 15) is 0 Å². The second-order valence-corrected chi connectivity index (χ2v) is 5.77. The van der Waals surface area contributed by atoms with Crippen LogP contribution in [0.1, 0.15) is 59.8 Å². The summed E-state index contributed by atoms with van der Waals surface area (Å²) in [6, 6.07) is 1.37. The number of nitrogens with one attached hydrogen (secondary N) is 1. The lowest BCUT2D eigenvalue weighted by molar-refractivity contribution is 0.0849. The summed E-state index contributed by atoms with van der Waals surface area (Å²) < 4.78 is 0. The number of hydrogen-bond acceptors (Lipinski definition) is 2. The van der Waals surface area contributed by atoms with Gasteiger partial charge in [0, 0.05) is 17.6 Å². The van der Waals surface area contributed by atoms with E-state index in [-0.39, 0.29) is 0 Å². The summed E-state index contributed by atoms with van der Waals surface area (Å²) in [5, 5.41) is 3.53. The molecule has 2 atom stereocenters. The third-order valence-electron chi connectivity index (χ3n) is 4.22. The quantitative estimate of drug-likeness (QED) is 0.749. The molecule has 1 aliphatic rings. The number of nitrogens with zero attached hydrogens (tertiary/aromatic N) is 1. The molecule has 96 valence electrons. The van der Waals surface area contributed by atoms with E-state index < -0.39 is 0 Å². The van der Waals surface area contributed by atoms with Gasteiger partial charge in [-0.15, -0.1) is 0 Å². The van der Waals surface area contributed by atoms with Crippen molar-refractivity contribution in [3.05, 3.63) is 0 Å². The summed E-state index contributed by atoms with van der Waals surface area (Å²) in [7, 11) is 2.12. The molecule has 16 heavy (non-hydrogen) atoms. The van der Waals surface area contributed by atoms with Gasteiger partial charge in [-0.25, -0.2) is 0 Å². The van der Waals surface area contributed by atoms with Crippen LogP contribution in [0.2, 0.25) is 0 Å². The molecule has 0 aliphatic carbocycles. The third-order valence-corrected chi connectivity index (χ3v) is 4.22. The molecular weight excluding hydrogens is 196 g/mol. The van der Waals surface area contributed by atoms with E-state index >= 15 is 0 Å². The summed E-state index contributed by atoms with van der Waals surface area (Å²) in [6.07, 6.45) is 6.55. The van der Waals surface area contributed by atoms with Gasteiger partial charge in [0.15, 0.2) is 0 Å². The van der Waals surface area contributed by atoms with E-state index in [0.29, 0.717) is 17.6 Å². The van der Waals surface area contributed by atoms with Crippen molar-refractivity contribution in [3.8, 4) is 0 Å². The van der Waals surface area contributed by atoms with Crippen molar-refractivity contribution in [3.63, 3.8) is 0 Å². The Kier molecular flexibility index (Phi) is 5.26. The Morgan fingerprint density at radius 1 is 1.31 bits per heavy atom. The van der Waals surface area contributed by atoms with Gasteiger partial charge in [0.05, 0.1) is 0 Å². The Morgan fingerprint density at radius 2 is 2.00 bits per heavy atom. The smallest absolute Gasteiger partial charge is 0.0251 e. The van der Waals surface area contributed by atoms with Crippen LogP contribution < -0.4 is 5.32 Å². The zero-order valence-corrected chi connectivity index (χ0v) is 11.8. The van der Waals surface area contributed by atoms with E-state index in [1.807, 2.05) is 0 Å². The van der Waals surface area contributed by atoms with Crippen LogP contribution in [0.3, 0.4) is 0 Å². The van der Waals surface area contributed by atoms with Gasteiger partial charge >= 0.3 is 0 Å². The summed E-state index contributed by atoms with van der Waals surface area (Å²) >= 11 is 0. The van der Waals surface area contributed by atoms with Crippen LogP contribution in [0.4, 0.5) is 0 Å². The first-order valence-corrected chi connectivity index (χ1v) is 7.00. The van der Waals surface area contributed by atoms with Gasteiger partial charge in [0.25, 0.3) is 0 Å². The van der Waals surface area contributed by atoms with E-state index in [2.05, 4.69) is 45.0 Å². The van der Waals surface area contributed by atoms with Crippen molar-refractivity contribution < 1.29 is 0 Å². The van der Waals surface area contributed by atoms with Gasteiger partial charge in [-0.3, -0.25) is 4.90 Å². The molecule has 1 rings (SSSR count). The molecule has 0 aromatic carbocycles. The Morgan fingerprint density at radius 3 is 2.38 bits per heavy atom. The van der Waals surface area contributed by atoms with Crippen molar-refractivity contribution in [2.45, 2.75) is 77.4 Å². The highest BCUT2D eigenvalue weighted by atomic mass is 15.3. The van der Waals surface area contributed by atoms with Crippen LogP contribution in [0.25, 0.3) is 0 Å². The third kappa shape index (κ3) is 2.98. The number of likely N-dealkylation sites (tertiary alicyclic amines) is 1. The van der Waals surface area contributed by atoms with Gasteiger partial charge < -0.3 is 5.32 Å². The monoisotopic (exact) mass is 226 g/mol. The summed E-state index contributed by atoms with van der Waals surface area (Å²) in [6.45, 7) is 10.7. The first kappa shape index (κ1) is 14.0. The minimum absolute atomic E-state index is 0.406. The Bertz CT molecular complexity index is 201. The Balaban J connectivity index is 2.71. The fraction of sp³-hybridized carbons (Fsp3) is 1.00. The highest BCUT2D eigenvalue weighted by Crippen LogP contribution is 2.32. The standard InChI is InChI=1S/C14H30N2/c1-6-9-12(15-5)13(7-2)16-11-8-10-14(16,3)4/h12-13,15H,6-11H2,1-5H3. The summed E-state index contributed by atoms with van der Waals surface area (Å²) in [4.78, 5) is 2.74. The lowest BCUT2D eigenvalue weighted by atomic mass is 9.94. The molecule has 0 spiro atoms.